The molecule has 0 rings (SSSR count). The van der Waals surface area contributed by atoms with Gasteiger partial charge in [0.1, 0.15) is 10.5 Å². The van der Waals surface area contributed by atoms with E-state index in [1.54, 1.807) is 0 Å². The van der Waals surface area contributed by atoms with Crippen LogP contribution in [0.15, 0.2) is 0 Å². The predicted octanol–water partition coefficient (Wildman–Crippen LogP) is 4.67. The molecule has 0 aromatic rings. The van der Waals surface area contributed by atoms with E-state index in [1.165, 1.54) is 38.5 Å². The fourth-order valence-corrected chi connectivity index (χ4v) is 3.58. The zero-order valence-electron chi connectivity index (χ0n) is 11.6. The molecule has 0 aliphatic rings. The molecule has 0 aliphatic carbocycles. The van der Waals surface area contributed by atoms with Crippen molar-refractivity contribution in [2.24, 2.45) is 0 Å². The van der Waals surface area contributed by atoms with Gasteiger partial charge in [0.25, 0.3) is 0 Å². The van der Waals surface area contributed by atoms with Crippen LogP contribution in [0.4, 0.5) is 0 Å². The second-order valence-corrected chi connectivity index (χ2v) is 7.21. The van der Waals surface area contributed by atoms with Crippen molar-refractivity contribution in [2.45, 2.75) is 89.6 Å². The summed E-state index contributed by atoms with van der Waals surface area (Å²) in [5, 5.41) is 0.784. The largest absolute Gasteiger partial charge is 0.616 e. The lowest BCUT2D eigenvalue weighted by atomic mass is 10.2. The minimum absolute atomic E-state index is 0.392. The quantitative estimate of drug-likeness (QED) is 0.406. The Morgan fingerprint density at radius 2 is 1.19 bits per heavy atom. The first-order valence-corrected chi connectivity index (χ1v) is 8.30. The Balaban J connectivity index is 3.68. The highest BCUT2D eigenvalue weighted by molar-refractivity contribution is 7.92. The van der Waals surface area contributed by atoms with Gasteiger partial charge in [-0.1, -0.05) is 39.5 Å². The van der Waals surface area contributed by atoms with E-state index in [-0.39, 0.29) is 0 Å². The summed E-state index contributed by atoms with van der Waals surface area (Å²) in [5.41, 5.74) is 0. The molecule has 16 heavy (non-hydrogen) atoms. The summed E-state index contributed by atoms with van der Waals surface area (Å²) < 4.78 is 12.1. The van der Waals surface area contributed by atoms with Crippen LogP contribution in [0.1, 0.15) is 79.1 Å². The standard InChI is InChI=1S/C14H30OS/c1-5-7-9-11-13(3)16(15)14(4)12-10-8-6-2/h13-14H,5-12H2,1-4H3. The number of unbranched alkanes of at least 4 members (excludes halogenated alkanes) is 4. The minimum atomic E-state index is -0.616. The van der Waals surface area contributed by atoms with E-state index in [4.69, 9.17) is 0 Å². The van der Waals surface area contributed by atoms with E-state index in [1.807, 2.05) is 0 Å². The first kappa shape index (κ1) is 16.3. The Morgan fingerprint density at radius 3 is 1.50 bits per heavy atom. The topological polar surface area (TPSA) is 23.1 Å². The van der Waals surface area contributed by atoms with Gasteiger partial charge < -0.3 is 4.55 Å². The molecular formula is C14H30OS. The van der Waals surface area contributed by atoms with Gasteiger partial charge in [0, 0.05) is 0 Å². The van der Waals surface area contributed by atoms with Crippen molar-refractivity contribution in [1.29, 1.82) is 0 Å². The summed E-state index contributed by atoms with van der Waals surface area (Å²) in [6.07, 6.45) is 9.83. The third-order valence-corrected chi connectivity index (χ3v) is 5.28. The van der Waals surface area contributed by atoms with Crippen LogP contribution in [0, 0.1) is 0 Å². The van der Waals surface area contributed by atoms with Gasteiger partial charge in [0.05, 0.1) is 0 Å². The van der Waals surface area contributed by atoms with E-state index >= 15 is 0 Å². The second kappa shape index (κ2) is 10.5. The van der Waals surface area contributed by atoms with E-state index in [0.29, 0.717) is 10.5 Å². The third-order valence-electron chi connectivity index (χ3n) is 3.22. The van der Waals surface area contributed by atoms with Crippen LogP contribution in [0.25, 0.3) is 0 Å². The Kier molecular flexibility index (Phi) is 10.7. The van der Waals surface area contributed by atoms with Crippen LogP contribution in [0.2, 0.25) is 0 Å². The summed E-state index contributed by atoms with van der Waals surface area (Å²) in [5.74, 6) is 0. The highest BCUT2D eigenvalue weighted by Gasteiger charge is 2.23. The zero-order valence-corrected chi connectivity index (χ0v) is 12.4. The van der Waals surface area contributed by atoms with E-state index in [9.17, 15) is 4.55 Å². The highest BCUT2D eigenvalue weighted by Crippen LogP contribution is 2.19. The van der Waals surface area contributed by atoms with Crippen LogP contribution >= 0.6 is 0 Å². The summed E-state index contributed by atoms with van der Waals surface area (Å²) >= 11 is -0.616. The Morgan fingerprint density at radius 1 is 0.812 bits per heavy atom. The van der Waals surface area contributed by atoms with Crippen molar-refractivity contribution < 1.29 is 4.55 Å². The van der Waals surface area contributed by atoms with Gasteiger partial charge in [-0.05, 0) is 50.7 Å². The van der Waals surface area contributed by atoms with Crippen LogP contribution in [0.3, 0.4) is 0 Å². The second-order valence-electron chi connectivity index (χ2n) is 4.94. The maximum atomic E-state index is 12.1. The molecule has 0 bridgehead atoms. The van der Waals surface area contributed by atoms with Gasteiger partial charge in [-0.25, -0.2) is 0 Å². The highest BCUT2D eigenvalue weighted by atomic mass is 32.2. The van der Waals surface area contributed by atoms with Gasteiger partial charge >= 0.3 is 0 Å². The molecule has 0 aliphatic heterocycles. The monoisotopic (exact) mass is 246 g/mol. The molecule has 0 N–H and O–H groups in total. The van der Waals surface area contributed by atoms with Crippen LogP contribution in [0.5, 0.6) is 0 Å². The van der Waals surface area contributed by atoms with Crippen LogP contribution in [-0.4, -0.2) is 15.1 Å². The van der Waals surface area contributed by atoms with Crippen molar-refractivity contribution >= 4 is 11.2 Å². The van der Waals surface area contributed by atoms with Gasteiger partial charge in [0.15, 0.2) is 0 Å². The predicted molar refractivity (Wildman–Crippen MR) is 75.4 cm³/mol. The van der Waals surface area contributed by atoms with Crippen molar-refractivity contribution in [3.05, 3.63) is 0 Å². The molecule has 1 nitrogen and oxygen atoms in total. The third kappa shape index (κ3) is 7.56. The minimum Gasteiger partial charge on any atom is -0.616 e. The van der Waals surface area contributed by atoms with Crippen molar-refractivity contribution in [3.63, 3.8) is 0 Å². The average Bonchev–Trinajstić information content (AvgIpc) is 2.28. The van der Waals surface area contributed by atoms with Crippen LogP contribution < -0.4 is 0 Å². The molecule has 98 valence electrons. The lowest BCUT2D eigenvalue weighted by molar-refractivity contribution is 0.543. The molecule has 0 saturated carbocycles. The summed E-state index contributed by atoms with van der Waals surface area (Å²) in [6.45, 7) is 8.74. The van der Waals surface area contributed by atoms with Gasteiger partial charge in [-0.2, -0.15) is 0 Å². The molecule has 0 radical (unpaired) electrons. The molecule has 0 amide bonds. The smallest absolute Gasteiger partial charge is 0.113 e. The summed E-state index contributed by atoms with van der Waals surface area (Å²) in [4.78, 5) is 0. The van der Waals surface area contributed by atoms with E-state index in [2.05, 4.69) is 27.7 Å². The molecule has 2 atom stereocenters. The first-order chi connectivity index (χ1) is 7.63. The normalized spacial score (nSPS) is 17.1. The fourth-order valence-electron chi connectivity index (χ4n) is 1.99. The number of rotatable bonds is 10. The summed E-state index contributed by atoms with van der Waals surface area (Å²) in [6, 6.07) is 0. The molecule has 0 saturated heterocycles. The Bertz CT molecular complexity index is 134. The lowest BCUT2D eigenvalue weighted by Gasteiger charge is -2.24. The SMILES string of the molecule is CCCCCC(C)[S+]([O-])C(C)CCCCC. The molecule has 0 aromatic carbocycles. The molecule has 0 heterocycles. The van der Waals surface area contributed by atoms with E-state index < -0.39 is 11.2 Å². The maximum Gasteiger partial charge on any atom is 0.113 e. The molecule has 2 unspecified atom stereocenters. The zero-order chi connectivity index (χ0) is 12.4. The summed E-state index contributed by atoms with van der Waals surface area (Å²) in [7, 11) is 0. The maximum absolute atomic E-state index is 12.1. The van der Waals surface area contributed by atoms with Gasteiger partial charge in [0.2, 0.25) is 0 Å². The Hall–Kier alpha value is 0.310. The Labute approximate surface area is 106 Å². The molecule has 2 heteroatoms. The number of hydrogen-bond donors (Lipinski definition) is 0. The molecule has 0 fully saturated rings. The first-order valence-electron chi connectivity index (χ1n) is 7.02. The van der Waals surface area contributed by atoms with Crippen LogP contribution in [-0.2, 0) is 11.2 Å². The fraction of sp³-hybridized carbons (Fsp3) is 1.00. The van der Waals surface area contributed by atoms with Gasteiger partial charge in [-0.3, -0.25) is 0 Å². The van der Waals surface area contributed by atoms with Gasteiger partial charge in [-0.15, -0.1) is 0 Å². The lowest BCUT2D eigenvalue weighted by Crippen LogP contribution is -2.28. The number of hydrogen-bond acceptors (Lipinski definition) is 1. The van der Waals surface area contributed by atoms with Crippen molar-refractivity contribution in [1.82, 2.24) is 0 Å². The van der Waals surface area contributed by atoms with Crippen molar-refractivity contribution in [3.8, 4) is 0 Å². The molecule has 0 spiro atoms. The average molecular weight is 246 g/mol. The molecular weight excluding hydrogens is 216 g/mol. The van der Waals surface area contributed by atoms with Crippen molar-refractivity contribution in [2.75, 3.05) is 0 Å². The molecule has 0 aromatic heterocycles. The van der Waals surface area contributed by atoms with E-state index in [0.717, 1.165) is 12.8 Å².